The SMILES string of the molecule is CN=C(NCCCCCOC1CCCCC1)NCC1(CCOC)CCC1. The summed E-state index contributed by atoms with van der Waals surface area (Å²) in [5.74, 6) is 0.937. The van der Waals surface area contributed by atoms with Crippen LogP contribution in [-0.4, -0.2) is 52.5 Å². The van der Waals surface area contributed by atoms with Crippen molar-refractivity contribution in [3.8, 4) is 0 Å². The van der Waals surface area contributed by atoms with Crippen molar-refractivity contribution < 1.29 is 9.47 Å². The fourth-order valence-corrected chi connectivity index (χ4v) is 4.09. The summed E-state index contributed by atoms with van der Waals surface area (Å²) < 4.78 is 11.3. The van der Waals surface area contributed by atoms with E-state index in [4.69, 9.17) is 9.47 Å². The van der Waals surface area contributed by atoms with Crippen molar-refractivity contribution in [1.29, 1.82) is 0 Å². The van der Waals surface area contributed by atoms with Crippen molar-refractivity contribution in [2.24, 2.45) is 10.4 Å². The predicted octanol–water partition coefficient (Wildman–Crippen LogP) is 3.88. The van der Waals surface area contributed by atoms with Gasteiger partial charge in [0.25, 0.3) is 0 Å². The number of ether oxygens (including phenoxy) is 2. The van der Waals surface area contributed by atoms with E-state index in [9.17, 15) is 0 Å². The molecule has 0 spiro atoms. The summed E-state index contributed by atoms with van der Waals surface area (Å²) in [4.78, 5) is 4.36. The van der Waals surface area contributed by atoms with Crippen molar-refractivity contribution in [1.82, 2.24) is 10.6 Å². The first-order valence-corrected chi connectivity index (χ1v) is 10.8. The second kappa shape index (κ2) is 12.6. The van der Waals surface area contributed by atoms with Crippen molar-refractivity contribution in [2.45, 2.75) is 83.2 Å². The molecule has 2 rings (SSSR count). The lowest BCUT2D eigenvalue weighted by Gasteiger charge is -2.42. The van der Waals surface area contributed by atoms with Crippen LogP contribution in [-0.2, 0) is 9.47 Å². The molecule has 26 heavy (non-hydrogen) atoms. The molecule has 2 saturated carbocycles. The van der Waals surface area contributed by atoms with Gasteiger partial charge in [-0.1, -0.05) is 25.7 Å². The van der Waals surface area contributed by atoms with Gasteiger partial charge < -0.3 is 20.1 Å². The van der Waals surface area contributed by atoms with Gasteiger partial charge in [0, 0.05) is 40.5 Å². The summed E-state index contributed by atoms with van der Waals surface area (Å²) >= 11 is 0. The van der Waals surface area contributed by atoms with Crippen molar-refractivity contribution >= 4 is 5.96 Å². The van der Waals surface area contributed by atoms with E-state index in [0.29, 0.717) is 11.5 Å². The second-order valence-corrected chi connectivity index (χ2v) is 8.14. The number of aliphatic imine (C=N–C) groups is 1. The van der Waals surface area contributed by atoms with Gasteiger partial charge >= 0.3 is 0 Å². The number of guanidine groups is 1. The lowest BCUT2D eigenvalue weighted by Crippen LogP contribution is -2.47. The van der Waals surface area contributed by atoms with Crippen LogP contribution in [0.25, 0.3) is 0 Å². The number of rotatable bonds is 12. The highest BCUT2D eigenvalue weighted by Crippen LogP contribution is 2.43. The highest BCUT2D eigenvalue weighted by atomic mass is 16.5. The minimum atomic E-state index is 0.421. The van der Waals surface area contributed by atoms with Gasteiger partial charge in [0.1, 0.15) is 0 Å². The van der Waals surface area contributed by atoms with E-state index >= 15 is 0 Å². The number of nitrogens with zero attached hydrogens (tertiary/aromatic N) is 1. The Labute approximate surface area is 160 Å². The van der Waals surface area contributed by atoms with E-state index in [0.717, 1.165) is 38.7 Å². The third kappa shape index (κ3) is 7.83. The molecule has 0 saturated heterocycles. The molecule has 2 aliphatic carbocycles. The second-order valence-electron chi connectivity index (χ2n) is 8.14. The average molecular weight is 368 g/mol. The minimum absolute atomic E-state index is 0.421. The van der Waals surface area contributed by atoms with Crippen LogP contribution in [0, 0.1) is 5.41 Å². The van der Waals surface area contributed by atoms with Gasteiger partial charge in [0.05, 0.1) is 6.10 Å². The quantitative estimate of drug-likeness (QED) is 0.312. The first-order chi connectivity index (χ1) is 12.8. The Bertz CT molecular complexity index is 391. The number of methoxy groups -OCH3 is 1. The zero-order valence-corrected chi connectivity index (χ0v) is 17.2. The van der Waals surface area contributed by atoms with Crippen LogP contribution in [0.3, 0.4) is 0 Å². The Hall–Kier alpha value is -0.810. The fourth-order valence-electron chi connectivity index (χ4n) is 4.09. The molecule has 5 nitrogen and oxygen atoms in total. The van der Waals surface area contributed by atoms with Gasteiger partial charge in [-0.05, 0) is 56.8 Å². The number of hydrogen-bond acceptors (Lipinski definition) is 3. The number of nitrogens with one attached hydrogen (secondary N) is 2. The monoisotopic (exact) mass is 367 g/mol. The summed E-state index contributed by atoms with van der Waals surface area (Å²) in [5, 5.41) is 6.98. The molecule has 0 aliphatic heterocycles. The van der Waals surface area contributed by atoms with Gasteiger partial charge in [-0.25, -0.2) is 0 Å². The molecule has 0 radical (unpaired) electrons. The molecule has 5 heteroatoms. The summed E-state index contributed by atoms with van der Waals surface area (Å²) in [7, 11) is 3.65. The van der Waals surface area contributed by atoms with Crippen LogP contribution in [0.4, 0.5) is 0 Å². The third-order valence-electron chi connectivity index (χ3n) is 6.12. The molecule has 2 N–H and O–H groups in total. The maximum Gasteiger partial charge on any atom is 0.190 e. The molecular weight excluding hydrogens is 326 g/mol. The first kappa shape index (κ1) is 21.5. The molecule has 2 aliphatic rings. The normalized spacial score (nSPS) is 20.6. The van der Waals surface area contributed by atoms with Gasteiger partial charge in [-0.15, -0.1) is 0 Å². The van der Waals surface area contributed by atoms with Crippen LogP contribution >= 0.6 is 0 Å². The van der Waals surface area contributed by atoms with Crippen LogP contribution in [0.1, 0.15) is 77.0 Å². The number of unbranched alkanes of at least 4 members (excludes halogenated alkanes) is 2. The smallest absolute Gasteiger partial charge is 0.190 e. The van der Waals surface area contributed by atoms with E-state index in [1.54, 1.807) is 7.11 Å². The van der Waals surface area contributed by atoms with Gasteiger partial charge in [0.15, 0.2) is 5.96 Å². The highest BCUT2D eigenvalue weighted by Gasteiger charge is 2.36. The summed E-state index contributed by atoms with van der Waals surface area (Å²) in [6.45, 7) is 3.77. The molecule has 2 fully saturated rings. The van der Waals surface area contributed by atoms with E-state index in [1.165, 1.54) is 70.6 Å². The highest BCUT2D eigenvalue weighted by molar-refractivity contribution is 5.79. The van der Waals surface area contributed by atoms with E-state index in [2.05, 4.69) is 15.6 Å². The maximum atomic E-state index is 5.99. The zero-order chi connectivity index (χ0) is 18.5. The van der Waals surface area contributed by atoms with Gasteiger partial charge in [-0.3, -0.25) is 4.99 Å². The van der Waals surface area contributed by atoms with Gasteiger partial charge in [-0.2, -0.15) is 0 Å². The molecule has 0 aromatic heterocycles. The fraction of sp³-hybridized carbons (Fsp3) is 0.952. The largest absolute Gasteiger partial charge is 0.385 e. The molecule has 0 unspecified atom stereocenters. The molecule has 0 atom stereocenters. The molecule has 0 heterocycles. The molecular formula is C21H41N3O2. The zero-order valence-electron chi connectivity index (χ0n) is 17.2. The van der Waals surface area contributed by atoms with Crippen LogP contribution < -0.4 is 10.6 Å². The summed E-state index contributed by atoms with van der Waals surface area (Å²) in [6.07, 6.45) is 15.9. The lowest BCUT2D eigenvalue weighted by molar-refractivity contribution is 0.0264. The molecule has 0 amide bonds. The van der Waals surface area contributed by atoms with Crippen molar-refractivity contribution in [3.05, 3.63) is 0 Å². The Morgan fingerprint density at radius 2 is 1.81 bits per heavy atom. The lowest BCUT2D eigenvalue weighted by atomic mass is 9.67. The average Bonchev–Trinajstić information content (AvgIpc) is 2.65. The van der Waals surface area contributed by atoms with E-state index in [1.807, 2.05) is 7.05 Å². The Balaban J connectivity index is 1.48. The molecule has 0 bridgehead atoms. The molecule has 0 aromatic rings. The first-order valence-electron chi connectivity index (χ1n) is 10.8. The molecule has 0 aromatic carbocycles. The predicted molar refractivity (Wildman–Crippen MR) is 109 cm³/mol. The van der Waals surface area contributed by atoms with Gasteiger partial charge in [0.2, 0.25) is 0 Å². The minimum Gasteiger partial charge on any atom is -0.385 e. The van der Waals surface area contributed by atoms with E-state index in [-0.39, 0.29) is 0 Å². The summed E-state index contributed by atoms with van der Waals surface area (Å²) in [6, 6.07) is 0. The van der Waals surface area contributed by atoms with Crippen LogP contribution in [0.2, 0.25) is 0 Å². The van der Waals surface area contributed by atoms with Crippen molar-refractivity contribution in [2.75, 3.05) is 40.5 Å². The maximum absolute atomic E-state index is 5.99. The van der Waals surface area contributed by atoms with E-state index < -0.39 is 0 Å². The Kier molecular flexibility index (Phi) is 10.4. The van der Waals surface area contributed by atoms with Crippen molar-refractivity contribution in [3.63, 3.8) is 0 Å². The Morgan fingerprint density at radius 1 is 1.00 bits per heavy atom. The number of hydrogen-bond donors (Lipinski definition) is 2. The standard InChI is InChI=1S/C21H41N3O2/c1-22-20(24-18-21(12-9-13-21)14-17-25-2)23-15-7-4-8-16-26-19-10-5-3-6-11-19/h19H,3-18H2,1-2H3,(H2,22,23,24). The Morgan fingerprint density at radius 3 is 2.46 bits per heavy atom. The summed E-state index contributed by atoms with van der Waals surface area (Å²) in [5.41, 5.74) is 0.421. The topological polar surface area (TPSA) is 54.9 Å². The third-order valence-corrected chi connectivity index (χ3v) is 6.12. The molecule has 152 valence electrons. The van der Waals surface area contributed by atoms with Crippen LogP contribution in [0.5, 0.6) is 0 Å². The van der Waals surface area contributed by atoms with Crippen LogP contribution in [0.15, 0.2) is 4.99 Å².